The van der Waals surface area contributed by atoms with Crippen LogP contribution in [0.4, 0.5) is 24.1 Å². The third-order valence-electron chi connectivity index (χ3n) is 7.28. The topological polar surface area (TPSA) is 129 Å². The molecule has 4 rings (SSSR count). The number of nitrogens with one attached hydrogen (secondary N) is 3. The summed E-state index contributed by atoms with van der Waals surface area (Å²) >= 11 is 0. The number of anilines is 1. The third kappa shape index (κ3) is 7.77. The Labute approximate surface area is 257 Å². The molecule has 0 bridgehead atoms. The molecule has 44 heavy (non-hydrogen) atoms. The molecule has 11 nitrogen and oxygen atoms in total. The maximum Gasteiger partial charge on any atom is 0.338 e. The monoisotopic (exact) mass is 617 g/mol. The van der Waals surface area contributed by atoms with Crippen LogP contribution in [0, 0.1) is 11.6 Å². The standard InChI is InChI=1S/C31H37F2N5O6/c1-19(39)35-23-7-4-6-21(16-23)20-10-14-37(15-11-20)13-5-12-34-30(41)38-28(22-8-9-24(32)25(33)17-22)27(29(40)44-3)26(18-43-2)36-31(38)42/h4,6-9,16-17,20,28H,5,10-15,18H2,1-3H3,(H,34,41)(H,35,39)(H,36,42)/i10T,20T. The van der Waals surface area contributed by atoms with Gasteiger partial charge in [0.15, 0.2) is 11.6 Å². The molecular formula is C31H37F2N5O6. The number of amides is 5. The molecule has 1 fully saturated rings. The van der Waals surface area contributed by atoms with Crippen molar-refractivity contribution in [2.45, 2.75) is 38.1 Å². The van der Waals surface area contributed by atoms with E-state index >= 15 is 0 Å². The van der Waals surface area contributed by atoms with Gasteiger partial charge in [-0.1, -0.05) is 18.2 Å². The molecule has 0 radical (unpaired) electrons. The zero-order valence-electron chi connectivity index (χ0n) is 26.7. The highest BCUT2D eigenvalue weighted by Crippen LogP contribution is 2.35. The van der Waals surface area contributed by atoms with E-state index in [-0.39, 0.29) is 35.9 Å². The van der Waals surface area contributed by atoms with Gasteiger partial charge in [0.05, 0.1) is 25.0 Å². The lowest BCUT2D eigenvalue weighted by Crippen LogP contribution is -2.55. The van der Waals surface area contributed by atoms with E-state index in [1.807, 2.05) is 4.90 Å². The van der Waals surface area contributed by atoms with Crippen LogP contribution in [0.15, 0.2) is 53.7 Å². The Morgan fingerprint density at radius 2 is 1.91 bits per heavy atom. The fraction of sp³-hybridized carbons (Fsp3) is 0.419. The van der Waals surface area contributed by atoms with Gasteiger partial charge in [-0.25, -0.2) is 28.1 Å². The number of hydrogen-bond acceptors (Lipinski definition) is 7. The summed E-state index contributed by atoms with van der Waals surface area (Å²) < 4.78 is 55.8. The van der Waals surface area contributed by atoms with Crippen molar-refractivity contribution in [3.8, 4) is 0 Å². The number of benzene rings is 2. The zero-order valence-corrected chi connectivity index (χ0v) is 24.7. The molecule has 0 aromatic heterocycles. The lowest BCUT2D eigenvalue weighted by Gasteiger charge is -2.36. The van der Waals surface area contributed by atoms with Crippen molar-refractivity contribution in [2.24, 2.45) is 0 Å². The molecule has 3 unspecified atom stereocenters. The molecule has 0 saturated carbocycles. The first kappa shape index (κ1) is 29.7. The molecular weight excluding hydrogens is 576 g/mol. The van der Waals surface area contributed by atoms with Gasteiger partial charge in [-0.2, -0.15) is 0 Å². The number of nitrogens with zero attached hydrogens (tertiary/aromatic N) is 2. The average molecular weight is 618 g/mol. The van der Waals surface area contributed by atoms with Gasteiger partial charge in [-0.15, -0.1) is 0 Å². The van der Waals surface area contributed by atoms with Gasteiger partial charge >= 0.3 is 18.0 Å². The molecule has 0 spiro atoms. The van der Waals surface area contributed by atoms with Crippen LogP contribution >= 0.6 is 0 Å². The summed E-state index contributed by atoms with van der Waals surface area (Å²) in [6.45, 7) is 2.61. The molecule has 2 aliphatic heterocycles. The van der Waals surface area contributed by atoms with Crippen molar-refractivity contribution in [3.63, 3.8) is 0 Å². The van der Waals surface area contributed by atoms with Crippen LogP contribution in [0.3, 0.4) is 0 Å². The highest BCUT2D eigenvalue weighted by atomic mass is 19.2. The Bertz CT molecular complexity index is 1530. The first-order chi connectivity index (χ1) is 21.9. The smallest absolute Gasteiger partial charge is 0.338 e. The summed E-state index contributed by atoms with van der Waals surface area (Å²) in [5.41, 5.74) is 1.02. The van der Waals surface area contributed by atoms with Gasteiger partial charge in [0.2, 0.25) is 5.91 Å². The van der Waals surface area contributed by atoms with E-state index in [1.54, 1.807) is 24.3 Å². The third-order valence-corrected chi connectivity index (χ3v) is 7.28. The summed E-state index contributed by atoms with van der Waals surface area (Å²) in [4.78, 5) is 53.6. The summed E-state index contributed by atoms with van der Waals surface area (Å²) in [5.74, 6) is -4.66. The van der Waals surface area contributed by atoms with Gasteiger partial charge in [-0.05, 0) is 80.2 Å². The Hall–Kier alpha value is -4.36. The second kappa shape index (κ2) is 14.9. The Morgan fingerprint density at radius 1 is 1.11 bits per heavy atom. The SMILES string of the molecule is [3H]C1CN(CCCNC(=O)N2C(=O)NC(COC)=C(C(=O)OC)C2c2ccc(F)c(F)c2)CCC1([3H])c1cccc(NC(C)=O)c1. The summed E-state index contributed by atoms with van der Waals surface area (Å²) in [5, 5.41) is 7.83. The van der Waals surface area contributed by atoms with Crippen LogP contribution < -0.4 is 16.0 Å². The molecule has 3 N–H and O–H groups in total. The summed E-state index contributed by atoms with van der Waals surface area (Å²) in [7, 11) is 2.44. The number of methoxy groups -OCH3 is 2. The quantitative estimate of drug-likeness (QED) is 0.271. The van der Waals surface area contributed by atoms with E-state index in [2.05, 4.69) is 16.0 Å². The predicted octanol–water partition coefficient (Wildman–Crippen LogP) is 4.04. The van der Waals surface area contributed by atoms with Crippen LogP contribution in [0.1, 0.15) is 52.0 Å². The number of piperidine rings is 1. The average Bonchev–Trinajstić information content (AvgIpc) is 3.01. The van der Waals surface area contributed by atoms with Crippen molar-refractivity contribution in [2.75, 3.05) is 52.3 Å². The van der Waals surface area contributed by atoms with Crippen molar-refractivity contribution in [1.82, 2.24) is 20.4 Å². The highest BCUT2D eigenvalue weighted by molar-refractivity contribution is 6.01. The number of imide groups is 1. The van der Waals surface area contributed by atoms with Gasteiger partial charge in [0, 0.05) is 29.0 Å². The maximum atomic E-state index is 14.3. The second-order valence-electron chi connectivity index (χ2n) is 10.3. The van der Waals surface area contributed by atoms with E-state index in [1.165, 1.54) is 20.1 Å². The van der Waals surface area contributed by atoms with E-state index in [4.69, 9.17) is 12.2 Å². The molecule has 2 aromatic carbocycles. The number of urea groups is 2. The minimum Gasteiger partial charge on any atom is -0.466 e. The minimum absolute atomic E-state index is 0.0143. The molecule has 3 atom stereocenters. The minimum atomic E-state index is -1.44. The second-order valence-corrected chi connectivity index (χ2v) is 10.3. The van der Waals surface area contributed by atoms with Crippen molar-refractivity contribution in [1.29, 1.82) is 0 Å². The number of carbonyl (C=O) groups is 4. The number of esters is 1. The normalized spacial score (nSPS) is 22.9. The molecule has 2 aromatic rings. The number of ether oxygens (including phenoxy) is 2. The van der Waals surface area contributed by atoms with E-state index < -0.39 is 48.0 Å². The molecule has 2 aliphatic rings. The van der Waals surface area contributed by atoms with Crippen LogP contribution in [-0.2, 0) is 19.1 Å². The molecule has 0 aliphatic carbocycles. The Kier molecular flexibility index (Phi) is 10.0. The number of rotatable bonds is 10. The molecule has 236 valence electrons. The van der Waals surface area contributed by atoms with Crippen LogP contribution in [0.2, 0.25) is 0 Å². The number of likely N-dealkylation sites (tertiary alicyclic amines) is 1. The molecule has 5 amide bonds. The van der Waals surface area contributed by atoms with E-state index in [0.29, 0.717) is 48.6 Å². The Morgan fingerprint density at radius 3 is 2.59 bits per heavy atom. The molecule has 2 heterocycles. The van der Waals surface area contributed by atoms with Crippen molar-refractivity contribution >= 4 is 29.6 Å². The van der Waals surface area contributed by atoms with E-state index in [9.17, 15) is 28.0 Å². The molecule has 13 heteroatoms. The van der Waals surface area contributed by atoms with Gasteiger partial charge in [0.25, 0.3) is 0 Å². The lowest BCUT2D eigenvalue weighted by atomic mass is 9.89. The first-order valence-corrected chi connectivity index (χ1v) is 14.1. The van der Waals surface area contributed by atoms with E-state index in [0.717, 1.165) is 19.2 Å². The predicted molar refractivity (Wildman–Crippen MR) is 158 cm³/mol. The largest absolute Gasteiger partial charge is 0.466 e. The summed E-state index contributed by atoms with van der Waals surface area (Å²) in [6.07, 6.45) is 0.0385. The lowest BCUT2D eigenvalue weighted by molar-refractivity contribution is -0.137. The van der Waals surface area contributed by atoms with Crippen LogP contribution in [0.25, 0.3) is 0 Å². The zero-order chi connectivity index (χ0) is 33.6. The van der Waals surface area contributed by atoms with Crippen molar-refractivity contribution < 1.29 is 40.2 Å². The highest BCUT2D eigenvalue weighted by Gasteiger charge is 2.43. The number of halogens is 2. The van der Waals surface area contributed by atoms with Crippen LogP contribution in [0.5, 0.6) is 0 Å². The van der Waals surface area contributed by atoms with Gasteiger partial charge < -0.3 is 30.3 Å². The first-order valence-electron chi connectivity index (χ1n) is 15.1. The fourth-order valence-electron chi connectivity index (χ4n) is 5.24. The fourth-order valence-corrected chi connectivity index (χ4v) is 5.24. The summed E-state index contributed by atoms with van der Waals surface area (Å²) in [6, 6.07) is 6.58. The van der Waals surface area contributed by atoms with Crippen LogP contribution in [-0.4, -0.2) is 80.7 Å². The van der Waals surface area contributed by atoms with Gasteiger partial charge in [0.1, 0.15) is 6.04 Å². The number of hydrogen-bond donors (Lipinski definition) is 3. The van der Waals surface area contributed by atoms with Crippen molar-refractivity contribution in [3.05, 3.63) is 76.5 Å². The molecule has 1 saturated heterocycles. The maximum absolute atomic E-state index is 14.3. The number of carbonyl (C=O) groups excluding carboxylic acids is 4. The Balaban J connectivity index is 1.42. The van der Waals surface area contributed by atoms with Gasteiger partial charge in [-0.3, -0.25) is 4.79 Å².